The smallest absolute Gasteiger partial charge is 0.135 e. The first-order chi connectivity index (χ1) is 27.4. The molecule has 0 saturated carbocycles. The van der Waals surface area contributed by atoms with Crippen LogP contribution < -0.4 is 0 Å². The van der Waals surface area contributed by atoms with Crippen LogP contribution in [-0.4, -0.2) is 0 Å². The fourth-order valence-corrected chi connectivity index (χ4v) is 5.35. The lowest BCUT2D eigenvalue weighted by Gasteiger charge is -2.17. The topological polar surface area (TPSA) is 13.1 Å². The summed E-state index contributed by atoms with van der Waals surface area (Å²) in [6, 6.07) is 1.89. The maximum atomic E-state index is 9.46. The molecular weight excluding hydrogens is 496 g/mol. The third kappa shape index (κ3) is 4.18. The van der Waals surface area contributed by atoms with E-state index < -0.39 is 110 Å². The Bertz CT molecular complexity index is 3040. The largest absolute Gasteiger partial charge is 0.456 e. The molecule has 1 aromatic heterocycles. The van der Waals surface area contributed by atoms with Gasteiger partial charge >= 0.3 is 0 Å². The van der Waals surface area contributed by atoms with E-state index in [-0.39, 0.29) is 55.4 Å². The number of benzene rings is 7. The van der Waals surface area contributed by atoms with Crippen LogP contribution in [0.1, 0.15) is 45.6 Å². The Morgan fingerprint density at radius 1 is 0.463 bits per heavy atom. The number of hydrogen-bond acceptors (Lipinski definition) is 1. The Morgan fingerprint density at radius 3 is 1.76 bits per heavy atom. The van der Waals surface area contributed by atoms with Crippen LogP contribution in [0.3, 0.4) is 0 Å². The molecule has 0 aliphatic heterocycles. The van der Waals surface area contributed by atoms with Crippen molar-refractivity contribution in [2.24, 2.45) is 0 Å². The minimum absolute atomic E-state index is 0.0154. The van der Waals surface area contributed by atoms with Crippen molar-refractivity contribution in [1.29, 1.82) is 0 Å². The van der Waals surface area contributed by atoms with Gasteiger partial charge in [0.1, 0.15) is 11.2 Å². The standard InChI is InChI=1S/C40H28O/c1-2-11-27(12-3-1)24-36-31-15-4-6-17-33(31)37(34-18-7-5-16-32(34)36)25-28-13-10-14-29(23-28)30-21-22-40-38(26-30)35-19-8-9-20-39(35)41-40/h1-23,26H,24-25H2/i1D,2D,3D,4D,5D,6D,7D,10D,11D,12D,13D,14D,15D,16D,17D,18D,23D. The molecule has 0 spiro atoms. The van der Waals surface area contributed by atoms with Gasteiger partial charge in [-0.2, -0.15) is 0 Å². The Kier molecular flexibility index (Phi) is 2.91. The molecule has 0 bridgehead atoms. The summed E-state index contributed by atoms with van der Waals surface area (Å²) in [7, 11) is 0. The highest BCUT2D eigenvalue weighted by molar-refractivity contribution is 6.07. The molecule has 0 N–H and O–H groups in total. The van der Waals surface area contributed by atoms with Crippen LogP contribution in [0, 0.1) is 0 Å². The molecule has 1 heterocycles. The first kappa shape index (κ1) is 12.2. The normalized spacial score (nSPS) is 17.4. The number of fused-ring (bicyclic) bond motifs is 5. The van der Waals surface area contributed by atoms with Gasteiger partial charge in [0, 0.05) is 10.8 Å². The highest BCUT2D eigenvalue weighted by Gasteiger charge is 2.15. The second-order valence-electron chi connectivity index (χ2n) is 9.58. The van der Waals surface area contributed by atoms with Crippen LogP contribution in [0.5, 0.6) is 0 Å². The van der Waals surface area contributed by atoms with Crippen molar-refractivity contribution >= 4 is 43.5 Å². The monoisotopic (exact) mass is 541 g/mol. The molecule has 0 atom stereocenters. The molecule has 0 radical (unpaired) electrons. The van der Waals surface area contributed by atoms with Gasteiger partial charge in [0.05, 0.1) is 23.3 Å². The Balaban J connectivity index is 1.49. The summed E-state index contributed by atoms with van der Waals surface area (Å²) >= 11 is 0. The summed E-state index contributed by atoms with van der Waals surface area (Å²) in [5.74, 6) is 0. The van der Waals surface area contributed by atoms with Gasteiger partial charge in [-0.25, -0.2) is 0 Å². The molecule has 1 nitrogen and oxygen atoms in total. The Labute approximate surface area is 263 Å². The van der Waals surface area contributed by atoms with Crippen LogP contribution in [0.4, 0.5) is 0 Å². The van der Waals surface area contributed by atoms with Gasteiger partial charge in [0.15, 0.2) is 0 Å². The average Bonchev–Trinajstić information content (AvgIpc) is 3.59. The van der Waals surface area contributed by atoms with E-state index in [1.807, 2.05) is 18.2 Å². The van der Waals surface area contributed by atoms with Crippen molar-refractivity contribution in [1.82, 2.24) is 0 Å². The lowest BCUT2D eigenvalue weighted by molar-refractivity contribution is 0.669. The quantitative estimate of drug-likeness (QED) is 0.198. The van der Waals surface area contributed by atoms with Crippen molar-refractivity contribution in [3.05, 3.63) is 167 Å². The summed E-state index contributed by atoms with van der Waals surface area (Å²) in [6.45, 7) is 0. The van der Waals surface area contributed by atoms with E-state index in [0.717, 1.165) is 5.39 Å². The van der Waals surface area contributed by atoms with Gasteiger partial charge in [-0.15, -0.1) is 0 Å². The minimum atomic E-state index is -0.704. The number of rotatable bonds is 5. The lowest BCUT2D eigenvalue weighted by atomic mass is 9.86. The molecule has 0 aliphatic rings. The summed E-state index contributed by atoms with van der Waals surface area (Å²) in [5, 5.41) is 0.477. The highest BCUT2D eigenvalue weighted by Crippen LogP contribution is 2.37. The SMILES string of the molecule is [2H]c1c([2H])c([2H])c(Cc2c3c([2H])c([2H])c([2H])c([2H])c3c(Cc3c([2H])c([2H])c([2H])c(-c4ccc5oc6ccccc6c5c4)c3[2H])c3c([2H])c([2H])c([2H])c([2H])c23)c([2H])c1[2H]. The second-order valence-corrected chi connectivity index (χ2v) is 9.58. The molecule has 1 heteroatoms. The van der Waals surface area contributed by atoms with E-state index in [9.17, 15) is 1.37 Å². The fraction of sp³-hybridized carbons (Fsp3) is 0.0500. The maximum absolute atomic E-state index is 9.46. The lowest BCUT2D eigenvalue weighted by Crippen LogP contribution is -1.98. The van der Waals surface area contributed by atoms with Crippen molar-refractivity contribution in [2.45, 2.75) is 12.8 Å². The minimum Gasteiger partial charge on any atom is -0.456 e. The first-order valence-corrected chi connectivity index (χ1v) is 12.9. The van der Waals surface area contributed by atoms with Gasteiger partial charge in [-0.3, -0.25) is 0 Å². The van der Waals surface area contributed by atoms with E-state index in [1.165, 1.54) is 0 Å². The van der Waals surface area contributed by atoms with Crippen LogP contribution in [-0.2, 0) is 12.8 Å². The maximum Gasteiger partial charge on any atom is 0.135 e. The number of furan rings is 1. The Hall–Kier alpha value is -5.14. The number of hydrogen-bond donors (Lipinski definition) is 0. The van der Waals surface area contributed by atoms with Crippen LogP contribution in [0.2, 0.25) is 0 Å². The molecule has 194 valence electrons. The predicted molar refractivity (Wildman–Crippen MR) is 173 cm³/mol. The molecule has 8 rings (SSSR count). The van der Waals surface area contributed by atoms with Crippen LogP contribution in [0.25, 0.3) is 54.6 Å². The van der Waals surface area contributed by atoms with E-state index in [0.29, 0.717) is 22.1 Å². The zero-order valence-corrected chi connectivity index (χ0v) is 21.4. The first-order valence-electron chi connectivity index (χ1n) is 21.4. The van der Waals surface area contributed by atoms with Crippen molar-refractivity contribution in [3.8, 4) is 11.1 Å². The van der Waals surface area contributed by atoms with Gasteiger partial charge in [-0.1, -0.05) is 127 Å². The van der Waals surface area contributed by atoms with Crippen LogP contribution >= 0.6 is 0 Å². The highest BCUT2D eigenvalue weighted by atomic mass is 16.3. The van der Waals surface area contributed by atoms with Gasteiger partial charge in [0.25, 0.3) is 0 Å². The summed E-state index contributed by atoms with van der Waals surface area (Å²) in [4.78, 5) is 0. The third-order valence-electron chi connectivity index (χ3n) is 7.18. The van der Waals surface area contributed by atoms with Gasteiger partial charge in [-0.05, 0) is 86.0 Å². The van der Waals surface area contributed by atoms with E-state index >= 15 is 0 Å². The molecule has 0 unspecified atom stereocenters. The summed E-state index contributed by atoms with van der Waals surface area (Å²) < 4.78 is 155. The molecule has 0 fully saturated rings. The van der Waals surface area contributed by atoms with E-state index in [1.54, 1.807) is 24.3 Å². The molecule has 7 aromatic carbocycles. The molecule has 8 aromatic rings. The second kappa shape index (κ2) is 9.80. The predicted octanol–water partition coefficient (Wildman–Crippen LogP) is 10.7. The average molecular weight is 542 g/mol. The van der Waals surface area contributed by atoms with E-state index in [4.69, 9.17) is 26.3 Å². The summed E-state index contributed by atoms with van der Waals surface area (Å²) in [6.07, 6.45) is -1.15. The summed E-state index contributed by atoms with van der Waals surface area (Å²) in [5.41, 5.74) is 0.792. The molecule has 41 heavy (non-hydrogen) atoms. The van der Waals surface area contributed by atoms with Gasteiger partial charge < -0.3 is 4.42 Å². The molecule has 0 saturated heterocycles. The van der Waals surface area contributed by atoms with Crippen molar-refractivity contribution in [3.63, 3.8) is 0 Å². The van der Waals surface area contributed by atoms with Gasteiger partial charge in [0.2, 0.25) is 0 Å². The fourth-order valence-electron chi connectivity index (χ4n) is 5.35. The van der Waals surface area contributed by atoms with Crippen molar-refractivity contribution in [2.75, 3.05) is 0 Å². The molecule has 0 amide bonds. The number of para-hydroxylation sites is 1. The van der Waals surface area contributed by atoms with Crippen molar-refractivity contribution < 1.29 is 27.7 Å². The zero-order chi connectivity index (χ0) is 42.0. The van der Waals surface area contributed by atoms with Crippen LogP contribution in [0.15, 0.2) is 150 Å². The Morgan fingerprint density at radius 2 is 1.05 bits per heavy atom. The molecule has 0 aliphatic carbocycles. The van der Waals surface area contributed by atoms with E-state index in [2.05, 4.69) is 0 Å². The zero-order valence-electron chi connectivity index (χ0n) is 38.4. The third-order valence-corrected chi connectivity index (χ3v) is 7.18. The molecular formula is C40H28O.